The fraction of sp³-hybridized carbons (Fsp3) is 0.739. The van der Waals surface area contributed by atoms with Crippen molar-refractivity contribution in [1.29, 1.82) is 0 Å². The predicted molar refractivity (Wildman–Crippen MR) is 118 cm³/mol. The Morgan fingerprint density at radius 1 is 0.778 bits per heavy atom. The van der Waals surface area contributed by atoms with Gasteiger partial charge in [-0.05, 0) is 38.5 Å². The molecule has 1 aromatic rings. The van der Waals surface area contributed by atoms with Crippen molar-refractivity contribution in [3.8, 4) is 0 Å². The standard InChI is InChI=1S/C23H36O2P2/c24-26(20-11-4-1-5-12-20)18-10-17-23(26)19-27(25,21-13-6-2-7-14-21)22-15-8-3-9-16-22/h1,4-5,11-12,21-23H,2-3,6-10,13-19H2/t23-,26+/m0/s1. The molecule has 0 unspecified atom stereocenters. The molecule has 2 nitrogen and oxygen atoms in total. The average Bonchev–Trinajstić information content (AvgIpc) is 3.11. The van der Waals surface area contributed by atoms with Crippen LogP contribution < -0.4 is 5.30 Å². The van der Waals surface area contributed by atoms with Crippen molar-refractivity contribution in [2.24, 2.45) is 0 Å². The van der Waals surface area contributed by atoms with E-state index in [-0.39, 0.29) is 5.66 Å². The molecule has 0 N–H and O–H groups in total. The van der Waals surface area contributed by atoms with E-state index in [1.807, 2.05) is 18.2 Å². The molecule has 3 aliphatic rings. The molecule has 0 amide bonds. The van der Waals surface area contributed by atoms with Gasteiger partial charge < -0.3 is 9.13 Å². The van der Waals surface area contributed by atoms with Gasteiger partial charge in [0.1, 0.15) is 7.14 Å². The Morgan fingerprint density at radius 2 is 1.33 bits per heavy atom. The molecule has 1 aliphatic heterocycles. The summed E-state index contributed by atoms with van der Waals surface area (Å²) >= 11 is 0. The molecule has 1 aromatic carbocycles. The third kappa shape index (κ3) is 4.04. The van der Waals surface area contributed by atoms with Crippen LogP contribution in [-0.4, -0.2) is 29.3 Å². The molecule has 1 saturated heterocycles. The first-order chi connectivity index (χ1) is 13.1. The van der Waals surface area contributed by atoms with Crippen LogP contribution in [0.3, 0.4) is 0 Å². The highest BCUT2D eigenvalue weighted by Crippen LogP contribution is 2.68. The first-order valence-corrected chi connectivity index (χ1v) is 15.3. The van der Waals surface area contributed by atoms with Crippen LogP contribution in [0.1, 0.15) is 77.0 Å². The lowest BCUT2D eigenvalue weighted by Crippen LogP contribution is -2.29. The molecule has 4 rings (SSSR count). The maximum absolute atomic E-state index is 14.7. The van der Waals surface area contributed by atoms with E-state index >= 15 is 0 Å². The number of hydrogen-bond acceptors (Lipinski definition) is 2. The Balaban J connectivity index is 1.62. The number of rotatable bonds is 5. The van der Waals surface area contributed by atoms with Crippen LogP contribution in [0.4, 0.5) is 0 Å². The normalized spacial score (nSPS) is 31.2. The van der Waals surface area contributed by atoms with Crippen LogP contribution in [0.5, 0.6) is 0 Å². The van der Waals surface area contributed by atoms with Gasteiger partial charge in [-0.25, -0.2) is 0 Å². The molecular formula is C23H36O2P2. The first kappa shape index (κ1) is 20.0. The lowest BCUT2D eigenvalue weighted by Gasteiger charge is -2.40. The molecular weight excluding hydrogens is 370 g/mol. The molecule has 0 aromatic heterocycles. The predicted octanol–water partition coefficient (Wildman–Crippen LogP) is 6.87. The zero-order valence-corrected chi connectivity index (χ0v) is 18.5. The quantitative estimate of drug-likeness (QED) is 0.500. The SMILES string of the molecule is O=P(C[C@@H]1CCC[P@@]1(=O)c1ccccc1)(C1CCCCC1)C1CCCCC1. The van der Waals surface area contributed by atoms with Gasteiger partial charge in [-0.1, -0.05) is 68.9 Å². The molecule has 0 radical (unpaired) electrons. The first-order valence-electron chi connectivity index (χ1n) is 11.4. The lowest BCUT2D eigenvalue weighted by atomic mass is 9.99. The van der Waals surface area contributed by atoms with E-state index in [4.69, 9.17) is 0 Å². The van der Waals surface area contributed by atoms with Crippen LogP contribution >= 0.6 is 14.3 Å². The summed E-state index contributed by atoms with van der Waals surface area (Å²) in [7, 11) is -4.70. The van der Waals surface area contributed by atoms with E-state index in [0.29, 0.717) is 11.3 Å². The van der Waals surface area contributed by atoms with Gasteiger partial charge in [-0.3, -0.25) is 0 Å². The Hall–Kier alpha value is -0.320. The number of hydrogen-bond donors (Lipinski definition) is 0. The highest BCUT2D eigenvalue weighted by Gasteiger charge is 2.48. The topological polar surface area (TPSA) is 34.1 Å². The Labute approximate surface area is 165 Å². The summed E-state index contributed by atoms with van der Waals surface area (Å²) in [5.41, 5.74) is 1.04. The van der Waals surface area contributed by atoms with Gasteiger partial charge in [0, 0.05) is 34.6 Å². The van der Waals surface area contributed by atoms with Crippen molar-refractivity contribution >= 4 is 19.6 Å². The zero-order valence-electron chi connectivity index (χ0n) is 16.7. The van der Waals surface area contributed by atoms with Gasteiger partial charge in [-0.2, -0.15) is 0 Å². The summed E-state index contributed by atoms with van der Waals surface area (Å²) in [6.45, 7) is 0. The minimum absolute atomic E-state index is 0.176. The summed E-state index contributed by atoms with van der Waals surface area (Å²) in [6, 6.07) is 10.2. The van der Waals surface area contributed by atoms with E-state index in [9.17, 15) is 9.13 Å². The highest BCUT2D eigenvalue weighted by molar-refractivity contribution is 7.74. The molecule has 2 atom stereocenters. The molecule has 150 valence electrons. The van der Waals surface area contributed by atoms with Gasteiger partial charge in [0.25, 0.3) is 0 Å². The molecule has 2 saturated carbocycles. The van der Waals surface area contributed by atoms with Crippen molar-refractivity contribution in [2.75, 3.05) is 12.3 Å². The lowest BCUT2D eigenvalue weighted by molar-refractivity contribution is 0.446. The van der Waals surface area contributed by atoms with Crippen molar-refractivity contribution in [3.63, 3.8) is 0 Å². The van der Waals surface area contributed by atoms with Gasteiger partial charge in [-0.15, -0.1) is 0 Å². The second-order valence-corrected chi connectivity index (χ2v) is 16.1. The van der Waals surface area contributed by atoms with Crippen LogP contribution in [0, 0.1) is 0 Å². The summed E-state index contributed by atoms with van der Waals surface area (Å²) in [6.07, 6.45) is 16.0. The van der Waals surface area contributed by atoms with Crippen LogP contribution in [-0.2, 0) is 9.13 Å². The molecule has 0 spiro atoms. The smallest absolute Gasteiger partial charge is 0.119 e. The van der Waals surface area contributed by atoms with Gasteiger partial charge in [0.05, 0.1) is 7.14 Å². The van der Waals surface area contributed by atoms with E-state index < -0.39 is 14.3 Å². The second kappa shape index (κ2) is 8.59. The van der Waals surface area contributed by atoms with Crippen LogP contribution in [0.2, 0.25) is 0 Å². The van der Waals surface area contributed by atoms with Gasteiger partial charge in [0.15, 0.2) is 0 Å². The fourth-order valence-corrected chi connectivity index (χ4v) is 15.5. The Bertz CT molecular complexity index is 680. The number of benzene rings is 1. The van der Waals surface area contributed by atoms with E-state index in [1.54, 1.807) is 0 Å². The molecule has 1 heterocycles. The maximum Gasteiger partial charge on any atom is 0.119 e. The van der Waals surface area contributed by atoms with Crippen molar-refractivity contribution in [2.45, 2.75) is 94.0 Å². The monoisotopic (exact) mass is 406 g/mol. The van der Waals surface area contributed by atoms with Crippen molar-refractivity contribution in [3.05, 3.63) is 30.3 Å². The minimum Gasteiger partial charge on any atom is -0.323 e. The summed E-state index contributed by atoms with van der Waals surface area (Å²) in [5, 5.41) is 1.05. The molecule has 4 heteroatoms. The van der Waals surface area contributed by atoms with Crippen LogP contribution in [0.15, 0.2) is 30.3 Å². The van der Waals surface area contributed by atoms with Crippen molar-refractivity contribution in [1.82, 2.24) is 0 Å². The van der Waals surface area contributed by atoms with E-state index in [1.165, 1.54) is 38.5 Å². The molecule has 3 fully saturated rings. The second-order valence-electron chi connectivity index (χ2n) is 9.27. The summed E-state index contributed by atoms with van der Waals surface area (Å²) < 4.78 is 28.7. The third-order valence-corrected chi connectivity index (χ3v) is 16.3. The van der Waals surface area contributed by atoms with E-state index in [0.717, 1.165) is 56.2 Å². The molecule has 2 aliphatic carbocycles. The Kier molecular flexibility index (Phi) is 6.35. The summed E-state index contributed by atoms with van der Waals surface area (Å²) in [4.78, 5) is 0. The largest absolute Gasteiger partial charge is 0.323 e. The van der Waals surface area contributed by atoms with Gasteiger partial charge in [0.2, 0.25) is 0 Å². The maximum atomic E-state index is 14.7. The van der Waals surface area contributed by atoms with Crippen LogP contribution in [0.25, 0.3) is 0 Å². The summed E-state index contributed by atoms with van der Waals surface area (Å²) in [5.74, 6) is 0. The fourth-order valence-electron chi connectivity index (χ4n) is 6.16. The van der Waals surface area contributed by atoms with Crippen molar-refractivity contribution < 1.29 is 9.13 Å². The molecule has 0 bridgehead atoms. The third-order valence-electron chi connectivity index (χ3n) is 7.69. The zero-order chi connectivity index (χ0) is 18.7. The molecule has 27 heavy (non-hydrogen) atoms. The Morgan fingerprint density at radius 3 is 1.89 bits per heavy atom. The van der Waals surface area contributed by atoms with Gasteiger partial charge >= 0.3 is 0 Å². The highest BCUT2D eigenvalue weighted by atomic mass is 31.2. The minimum atomic E-state index is -2.40. The van der Waals surface area contributed by atoms with E-state index in [2.05, 4.69) is 12.1 Å². The average molecular weight is 406 g/mol.